The van der Waals surface area contributed by atoms with E-state index in [0.717, 1.165) is 5.56 Å². The highest BCUT2D eigenvalue weighted by molar-refractivity contribution is 6.30. The van der Waals surface area contributed by atoms with Gasteiger partial charge in [0.15, 0.2) is 17.7 Å². The zero-order valence-corrected chi connectivity index (χ0v) is 13.7. The van der Waals surface area contributed by atoms with Crippen LogP contribution in [0, 0.1) is 5.92 Å². The van der Waals surface area contributed by atoms with Crippen LogP contribution in [0.5, 0.6) is 5.75 Å². The number of hydrogen-bond donors (Lipinski definition) is 1. The molecule has 0 saturated carbocycles. The lowest BCUT2D eigenvalue weighted by molar-refractivity contribution is -0.128. The Morgan fingerprint density at radius 2 is 2.13 bits per heavy atom. The molecule has 1 aliphatic rings. The van der Waals surface area contributed by atoms with Gasteiger partial charge < -0.3 is 10.5 Å². The van der Waals surface area contributed by atoms with E-state index in [9.17, 15) is 4.79 Å². The highest BCUT2D eigenvalue weighted by Crippen LogP contribution is 2.35. The fraction of sp³-hybridized carbons (Fsp3) is 0.294. The largest absolute Gasteiger partial charge is 0.476 e. The summed E-state index contributed by atoms with van der Waals surface area (Å²) in [6, 6.07) is 10.8. The fourth-order valence-corrected chi connectivity index (χ4v) is 2.79. The van der Waals surface area contributed by atoms with Crippen LogP contribution in [0.4, 0.5) is 11.6 Å². The summed E-state index contributed by atoms with van der Waals surface area (Å²) in [5.41, 5.74) is 6.70. The molecule has 1 unspecified atom stereocenters. The third-order valence-corrected chi connectivity index (χ3v) is 3.95. The molecule has 6 heteroatoms. The fourth-order valence-electron chi connectivity index (χ4n) is 2.57. The SMILES string of the molecule is CC(C)C1Oc2ccc(N)nc2N(Cc2cccc(Cl)c2)C1=O. The molecule has 1 aromatic carbocycles. The third kappa shape index (κ3) is 3.10. The lowest BCUT2D eigenvalue weighted by Gasteiger charge is -2.35. The van der Waals surface area contributed by atoms with Gasteiger partial charge in [0.1, 0.15) is 5.82 Å². The standard InChI is InChI=1S/C17H18ClN3O2/c1-10(2)15-17(22)21(9-11-4-3-5-12(18)8-11)16-13(23-15)6-7-14(19)20-16/h3-8,10,15H,9H2,1-2H3,(H2,19,20). The Bertz CT molecular complexity index is 748. The molecule has 0 saturated heterocycles. The summed E-state index contributed by atoms with van der Waals surface area (Å²) >= 11 is 6.04. The van der Waals surface area contributed by atoms with Gasteiger partial charge in [-0.15, -0.1) is 0 Å². The van der Waals surface area contributed by atoms with Gasteiger partial charge >= 0.3 is 0 Å². The Balaban J connectivity index is 2.02. The zero-order valence-electron chi connectivity index (χ0n) is 13.0. The van der Waals surface area contributed by atoms with Crippen LogP contribution in [-0.4, -0.2) is 17.0 Å². The molecule has 3 rings (SSSR count). The number of amides is 1. The first-order chi connectivity index (χ1) is 11.0. The van der Waals surface area contributed by atoms with Crippen molar-refractivity contribution in [3.8, 4) is 5.75 Å². The van der Waals surface area contributed by atoms with Gasteiger partial charge in [0.25, 0.3) is 5.91 Å². The molecule has 120 valence electrons. The predicted octanol–water partition coefficient (Wildman–Crippen LogP) is 3.27. The Morgan fingerprint density at radius 3 is 2.83 bits per heavy atom. The van der Waals surface area contributed by atoms with E-state index in [4.69, 9.17) is 22.1 Å². The maximum atomic E-state index is 12.8. The summed E-state index contributed by atoms with van der Waals surface area (Å²) in [6.45, 7) is 4.28. The molecular formula is C17H18ClN3O2. The summed E-state index contributed by atoms with van der Waals surface area (Å²) < 4.78 is 5.82. The average molecular weight is 332 g/mol. The highest BCUT2D eigenvalue weighted by Gasteiger charge is 2.37. The minimum Gasteiger partial charge on any atom is -0.476 e. The number of carbonyl (C=O) groups excluding carboxylic acids is 1. The molecule has 0 fully saturated rings. The Kier molecular flexibility index (Phi) is 4.13. The van der Waals surface area contributed by atoms with Crippen molar-refractivity contribution in [3.05, 3.63) is 47.0 Å². The van der Waals surface area contributed by atoms with Crippen LogP contribution >= 0.6 is 11.6 Å². The number of carbonyl (C=O) groups is 1. The van der Waals surface area contributed by atoms with Gasteiger partial charge in [-0.3, -0.25) is 9.69 Å². The normalized spacial score (nSPS) is 17.1. The number of nitrogens with zero attached hydrogens (tertiary/aromatic N) is 2. The van der Waals surface area contributed by atoms with Crippen molar-refractivity contribution in [1.82, 2.24) is 4.98 Å². The predicted molar refractivity (Wildman–Crippen MR) is 90.5 cm³/mol. The molecule has 1 aromatic heterocycles. The molecule has 5 nitrogen and oxygen atoms in total. The van der Waals surface area contributed by atoms with E-state index in [-0.39, 0.29) is 11.8 Å². The van der Waals surface area contributed by atoms with E-state index in [1.54, 1.807) is 23.1 Å². The Morgan fingerprint density at radius 1 is 1.35 bits per heavy atom. The number of aromatic nitrogens is 1. The van der Waals surface area contributed by atoms with Crippen molar-refractivity contribution in [2.75, 3.05) is 10.6 Å². The maximum Gasteiger partial charge on any atom is 0.269 e. The van der Waals surface area contributed by atoms with Crippen LogP contribution in [0.15, 0.2) is 36.4 Å². The van der Waals surface area contributed by atoms with Crippen molar-refractivity contribution < 1.29 is 9.53 Å². The molecule has 1 amide bonds. The van der Waals surface area contributed by atoms with Gasteiger partial charge in [-0.25, -0.2) is 4.98 Å². The number of anilines is 2. The molecule has 0 spiro atoms. The topological polar surface area (TPSA) is 68.5 Å². The molecule has 2 heterocycles. The molecule has 2 aromatic rings. The van der Waals surface area contributed by atoms with E-state index < -0.39 is 6.10 Å². The lowest BCUT2D eigenvalue weighted by atomic mass is 10.0. The van der Waals surface area contributed by atoms with Crippen molar-refractivity contribution in [3.63, 3.8) is 0 Å². The summed E-state index contributed by atoms with van der Waals surface area (Å²) in [4.78, 5) is 18.7. The zero-order chi connectivity index (χ0) is 16.6. The van der Waals surface area contributed by atoms with Gasteiger partial charge in [0.05, 0.1) is 6.54 Å². The summed E-state index contributed by atoms with van der Waals surface area (Å²) in [5, 5.41) is 0.629. The molecule has 1 atom stereocenters. The smallest absolute Gasteiger partial charge is 0.269 e. The number of hydrogen-bond acceptors (Lipinski definition) is 4. The monoisotopic (exact) mass is 331 g/mol. The van der Waals surface area contributed by atoms with E-state index in [0.29, 0.717) is 29.0 Å². The minimum absolute atomic E-state index is 0.0510. The number of benzene rings is 1. The van der Waals surface area contributed by atoms with Gasteiger partial charge in [-0.05, 0) is 35.7 Å². The molecule has 0 bridgehead atoms. The summed E-state index contributed by atoms with van der Waals surface area (Å²) in [7, 11) is 0. The van der Waals surface area contributed by atoms with E-state index in [1.165, 1.54) is 0 Å². The summed E-state index contributed by atoms with van der Waals surface area (Å²) in [6.07, 6.45) is -0.535. The van der Waals surface area contributed by atoms with Crippen molar-refractivity contribution >= 4 is 29.1 Å². The number of nitrogens with two attached hydrogens (primary N) is 1. The molecule has 0 radical (unpaired) electrons. The molecule has 0 aliphatic carbocycles. The van der Waals surface area contributed by atoms with E-state index in [1.807, 2.05) is 32.0 Å². The lowest BCUT2D eigenvalue weighted by Crippen LogP contribution is -2.48. The number of rotatable bonds is 3. The summed E-state index contributed by atoms with van der Waals surface area (Å²) in [5.74, 6) is 1.30. The third-order valence-electron chi connectivity index (χ3n) is 3.72. The van der Waals surface area contributed by atoms with Gasteiger partial charge in [-0.2, -0.15) is 0 Å². The van der Waals surface area contributed by atoms with Crippen LogP contribution in [-0.2, 0) is 11.3 Å². The number of halogens is 1. The Labute approximate surface area is 140 Å². The highest BCUT2D eigenvalue weighted by atomic mass is 35.5. The van der Waals surface area contributed by atoms with Crippen LogP contribution in [0.25, 0.3) is 0 Å². The second-order valence-corrected chi connectivity index (χ2v) is 6.33. The first-order valence-electron chi connectivity index (χ1n) is 7.44. The van der Waals surface area contributed by atoms with Crippen molar-refractivity contribution in [2.24, 2.45) is 5.92 Å². The first kappa shape index (κ1) is 15.6. The number of nitrogen functional groups attached to an aromatic ring is 1. The molecule has 1 aliphatic heterocycles. The minimum atomic E-state index is -0.535. The second-order valence-electron chi connectivity index (χ2n) is 5.89. The maximum absolute atomic E-state index is 12.8. The Hall–Kier alpha value is -2.27. The van der Waals surface area contributed by atoms with Crippen LogP contribution in [0.1, 0.15) is 19.4 Å². The number of pyridine rings is 1. The van der Waals surface area contributed by atoms with Crippen molar-refractivity contribution in [1.29, 1.82) is 0 Å². The molecule has 23 heavy (non-hydrogen) atoms. The number of fused-ring (bicyclic) bond motifs is 1. The second kappa shape index (κ2) is 6.08. The van der Waals surface area contributed by atoms with Crippen LogP contribution in [0.3, 0.4) is 0 Å². The van der Waals surface area contributed by atoms with Gasteiger partial charge in [-0.1, -0.05) is 37.6 Å². The van der Waals surface area contributed by atoms with E-state index in [2.05, 4.69) is 4.98 Å². The molecule has 2 N–H and O–H groups in total. The van der Waals surface area contributed by atoms with E-state index >= 15 is 0 Å². The van der Waals surface area contributed by atoms with Crippen molar-refractivity contribution in [2.45, 2.75) is 26.5 Å². The quantitative estimate of drug-likeness (QED) is 0.937. The number of ether oxygens (including phenoxy) is 1. The van der Waals surface area contributed by atoms with Crippen LogP contribution in [0.2, 0.25) is 5.02 Å². The van der Waals surface area contributed by atoms with Gasteiger partial charge in [0, 0.05) is 5.02 Å². The molecular weight excluding hydrogens is 314 g/mol. The average Bonchev–Trinajstić information content (AvgIpc) is 2.50. The van der Waals surface area contributed by atoms with Gasteiger partial charge in [0.2, 0.25) is 0 Å². The van der Waals surface area contributed by atoms with Crippen LogP contribution < -0.4 is 15.4 Å². The first-order valence-corrected chi connectivity index (χ1v) is 7.82.